The summed E-state index contributed by atoms with van der Waals surface area (Å²) < 4.78 is 0. The normalized spacial score (nSPS) is 31.8. The van der Waals surface area contributed by atoms with Crippen LogP contribution in [0, 0.1) is 17.8 Å². The van der Waals surface area contributed by atoms with Crippen LogP contribution in [0.3, 0.4) is 0 Å². The highest BCUT2D eigenvalue weighted by atomic mass is 16.3. The number of hydrogen-bond donors (Lipinski definition) is 1. The Labute approximate surface area is 67.6 Å². The van der Waals surface area contributed by atoms with E-state index in [1.54, 1.807) is 0 Å². The Morgan fingerprint density at radius 1 is 1.64 bits per heavy atom. The van der Waals surface area contributed by atoms with E-state index in [9.17, 15) is 4.79 Å². The number of rotatable bonds is 2. The lowest BCUT2D eigenvalue weighted by molar-refractivity contribution is -0.122. The number of aliphatic hydroxyl groups excluding tert-OH is 1. The summed E-state index contributed by atoms with van der Waals surface area (Å²) in [7, 11) is 0. The molecule has 0 aromatic carbocycles. The Morgan fingerprint density at radius 3 is 2.64 bits per heavy atom. The Hall–Kier alpha value is -0.370. The second-order valence-electron chi connectivity index (χ2n) is 3.70. The molecule has 0 aromatic rings. The van der Waals surface area contributed by atoms with Crippen molar-refractivity contribution in [1.82, 2.24) is 0 Å². The topological polar surface area (TPSA) is 37.3 Å². The minimum atomic E-state index is -0.0602. The van der Waals surface area contributed by atoms with E-state index in [2.05, 4.69) is 13.8 Å². The zero-order valence-corrected chi connectivity index (χ0v) is 7.21. The van der Waals surface area contributed by atoms with Crippen molar-refractivity contribution in [3.8, 4) is 0 Å². The van der Waals surface area contributed by atoms with Crippen molar-refractivity contribution in [2.24, 2.45) is 17.8 Å². The van der Waals surface area contributed by atoms with Gasteiger partial charge in [-0.15, -0.1) is 0 Å². The molecule has 1 aliphatic rings. The molecule has 1 saturated carbocycles. The molecule has 2 atom stereocenters. The van der Waals surface area contributed by atoms with Crippen LogP contribution < -0.4 is 0 Å². The van der Waals surface area contributed by atoms with Gasteiger partial charge in [0.2, 0.25) is 0 Å². The average molecular weight is 156 g/mol. The number of aliphatic hydroxyl groups is 1. The van der Waals surface area contributed by atoms with E-state index in [1.807, 2.05) is 0 Å². The van der Waals surface area contributed by atoms with Gasteiger partial charge >= 0.3 is 0 Å². The van der Waals surface area contributed by atoms with Crippen molar-refractivity contribution < 1.29 is 9.90 Å². The van der Waals surface area contributed by atoms with Crippen LogP contribution >= 0.6 is 0 Å². The van der Waals surface area contributed by atoms with E-state index in [4.69, 9.17) is 5.11 Å². The van der Waals surface area contributed by atoms with E-state index < -0.39 is 0 Å². The lowest BCUT2D eigenvalue weighted by Gasteiger charge is -2.19. The molecule has 0 aromatic heterocycles. The summed E-state index contributed by atoms with van der Waals surface area (Å²) in [6.07, 6.45) is 1.65. The zero-order chi connectivity index (χ0) is 8.43. The van der Waals surface area contributed by atoms with Gasteiger partial charge in [-0.3, -0.25) is 4.79 Å². The lowest BCUT2D eigenvalue weighted by Crippen LogP contribution is -2.22. The van der Waals surface area contributed by atoms with E-state index in [0.29, 0.717) is 18.3 Å². The summed E-state index contributed by atoms with van der Waals surface area (Å²) >= 11 is 0. The molecule has 0 amide bonds. The summed E-state index contributed by atoms with van der Waals surface area (Å²) in [4.78, 5) is 11.2. The first kappa shape index (κ1) is 8.72. The number of ketones is 1. The maximum atomic E-state index is 11.2. The summed E-state index contributed by atoms with van der Waals surface area (Å²) in [5.74, 6) is 1.15. The second kappa shape index (κ2) is 3.35. The standard InChI is InChI=1S/C9H16O2/c1-6(2)7-3-4-9(11)8(7)5-10/h6-8,10H,3-5H2,1-2H3. The molecular formula is C9H16O2. The average Bonchev–Trinajstić information content (AvgIpc) is 2.30. The summed E-state index contributed by atoms with van der Waals surface area (Å²) in [6.45, 7) is 4.28. The van der Waals surface area contributed by atoms with Crippen LogP contribution in [0.25, 0.3) is 0 Å². The molecule has 2 nitrogen and oxygen atoms in total. The molecule has 1 aliphatic carbocycles. The van der Waals surface area contributed by atoms with E-state index >= 15 is 0 Å². The fourth-order valence-corrected chi connectivity index (χ4v) is 1.97. The van der Waals surface area contributed by atoms with Crippen LogP contribution in [0.5, 0.6) is 0 Å². The Morgan fingerprint density at radius 2 is 2.27 bits per heavy atom. The van der Waals surface area contributed by atoms with Crippen LogP contribution in [-0.4, -0.2) is 17.5 Å². The predicted molar refractivity (Wildman–Crippen MR) is 43.1 cm³/mol. The Bertz CT molecular complexity index is 152. The minimum absolute atomic E-state index is 0.0433. The lowest BCUT2D eigenvalue weighted by atomic mass is 9.86. The van der Waals surface area contributed by atoms with Gasteiger partial charge in [0.1, 0.15) is 5.78 Å². The fourth-order valence-electron chi connectivity index (χ4n) is 1.97. The maximum Gasteiger partial charge on any atom is 0.138 e. The van der Waals surface area contributed by atoms with Gasteiger partial charge in [-0.25, -0.2) is 0 Å². The minimum Gasteiger partial charge on any atom is -0.396 e. The van der Waals surface area contributed by atoms with Gasteiger partial charge in [0.15, 0.2) is 0 Å². The molecule has 1 N–H and O–H groups in total. The molecule has 0 bridgehead atoms. The van der Waals surface area contributed by atoms with E-state index in [1.165, 1.54) is 0 Å². The molecule has 0 aliphatic heterocycles. The smallest absolute Gasteiger partial charge is 0.138 e. The molecular weight excluding hydrogens is 140 g/mol. The van der Waals surface area contributed by atoms with Crippen molar-refractivity contribution in [1.29, 1.82) is 0 Å². The molecule has 2 unspecified atom stereocenters. The molecule has 1 fully saturated rings. The van der Waals surface area contributed by atoms with Crippen LogP contribution in [0.15, 0.2) is 0 Å². The molecule has 64 valence electrons. The number of carbonyl (C=O) groups excluding carboxylic acids is 1. The highest BCUT2D eigenvalue weighted by molar-refractivity contribution is 5.83. The number of carbonyl (C=O) groups is 1. The van der Waals surface area contributed by atoms with Gasteiger partial charge in [0.25, 0.3) is 0 Å². The number of Topliss-reactive ketones (excluding diaryl/α,β-unsaturated/α-hetero) is 1. The summed E-state index contributed by atoms with van der Waals surface area (Å²) in [6, 6.07) is 0. The molecule has 0 saturated heterocycles. The van der Waals surface area contributed by atoms with Crippen molar-refractivity contribution in [3.05, 3.63) is 0 Å². The highest BCUT2D eigenvalue weighted by Crippen LogP contribution is 2.33. The van der Waals surface area contributed by atoms with Crippen molar-refractivity contribution in [3.63, 3.8) is 0 Å². The van der Waals surface area contributed by atoms with Gasteiger partial charge in [0.05, 0.1) is 6.61 Å². The molecule has 0 radical (unpaired) electrons. The fraction of sp³-hybridized carbons (Fsp3) is 0.889. The van der Waals surface area contributed by atoms with E-state index in [-0.39, 0.29) is 18.3 Å². The molecule has 11 heavy (non-hydrogen) atoms. The van der Waals surface area contributed by atoms with Crippen molar-refractivity contribution in [2.75, 3.05) is 6.61 Å². The molecule has 2 heteroatoms. The third kappa shape index (κ3) is 1.62. The van der Waals surface area contributed by atoms with Gasteiger partial charge in [-0.2, -0.15) is 0 Å². The first-order chi connectivity index (χ1) is 5.16. The molecule has 0 heterocycles. The quantitative estimate of drug-likeness (QED) is 0.653. The van der Waals surface area contributed by atoms with Crippen LogP contribution in [0.1, 0.15) is 26.7 Å². The summed E-state index contributed by atoms with van der Waals surface area (Å²) in [5.41, 5.74) is 0. The van der Waals surface area contributed by atoms with Gasteiger partial charge in [0, 0.05) is 12.3 Å². The third-order valence-corrected chi connectivity index (χ3v) is 2.71. The first-order valence-corrected chi connectivity index (χ1v) is 4.30. The maximum absolute atomic E-state index is 11.2. The SMILES string of the molecule is CC(C)C1CCC(=O)C1CO. The van der Waals surface area contributed by atoms with Crippen LogP contribution in [0.4, 0.5) is 0 Å². The first-order valence-electron chi connectivity index (χ1n) is 4.30. The summed E-state index contributed by atoms with van der Waals surface area (Å²) in [5, 5.41) is 8.93. The van der Waals surface area contributed by atoms with Crippen molar-refractivity contribution >= 4 is 5.78 Å². The molecule has 1 rings (SSSR count). The predicted octanol–water partition coefficient (Wildman–Crippen LogP) is 1.23. The Kier molecular flexibility index (Phi) is 2.66. The zero-order valence-electron chi connectivity index (χ0n) is 7.21. The van der Waals surface area contributed by atoms with Crippen LogP contribution in [0.2, 0.25) is 0 Å². The monoisotopic (exact) mass is 156 g/mol. The van der Waals surface area contributed by atoms with Gasteiger partial charge in [-0.05, 0) is 18.3 Å². The third-order valence-electron chi connectivity index (χ3n) is 2.71. The van der Waals surface area contributed by atoms with Gasteiger partial charge in [-0.1, -0.05) is 13.8 Å². The molecule has 0 spiro atoms. The number of hydrogen-bond acceptors (Lipinski definition) is 2. The van der Waals surface area contributed by atoms with E-state index in [0.717, 1.165) is 6.42 Å². The Balaban J connectivity index is 2.61. The highest BCUT2D eigenvalue weighted by Gasteiger charge is 2.35. The van der Waals surface area contributed by atoms with Crippen LogP contribution in [-0.2, 0) is 4.79 Å². The van der Waals surface area contributed by atoms with Crippen molar-refractivity contribution in [2.45, 2.75) is 26.7 Å². The van der Waals surface area contributed by atoms with Gasteiger partial charge < -0.3 is 5.11 Å². The largest absolute Gasteiger partial charge is 0.396 e. The second-order valence-corrected chi connectivity index (χ2v) is 3.70.